The monoisotopic (exact) mass is 240 g/mol. The second-order valence-electron chi connectivity index (χ2n) is 5.67. The highest BCUT2D eigenvalue weighted by atomic mass is 16.6. The van der Waals surface area contributed by atoms with Crippen molar-refractivity contribution in [1.29, 1.82) is 0 Å². The smallest absolute Gasteiger partial charge is 0.317 e. The quantitative estimate of drug-likeness (QED) is 0.529. The molecule has 1 rings (SSSR count). The van der Waals surface area contributed by atoms with Crippen LogP contribution in [0.3, 0.4) is 0 Å². The first-order valence-electron chi connectivity index (χ1n) is 6.68. The molecule has 4 atom stereocenters. The lowest BCUT2D eigenvalue weighted by molar-refractivity contribution is -0.153. The summed E-state index contributed by atoms with van der Waals surface area (Å²) >= 11 is 0. The van der Waals surface area contributed by atoms with Gasteiger partial charge >= 0.3 is 11.9 Å². The van der Waals surface area contributed by atoms with Gasteiger partial charge in [-0.3, -0.25) is 9.59 Å². The number of carbonyl (C=O) groups excluding carboxylic acids is 2. The zero-order chi connectivity index (χ0) is 13.0. The van der Waals surface area contributed by atoms with Crippen LogP contribution < -0.4 is 0 Å². The maximum absolute atomic E-state index is 11.4. The van der Waals surface area contributed by atoms with E-state index in [0.29, 0.717) is 5.92 Å². The molecule has 0 aromatic rings. The predicted molar refractivity (Wildman–Crippen MR) is 66.2 cm³/mol. The van der Waals surface area contributed by atoms with Crippen molar-refractivity contribution < 1.29 is 14.3 Å². The van der Waals surface area contributed by atoms with E-state index < -0.39 is 0 Å². The van der Waals surface area contributed by atoms with Crippen molar-refractivity contribution in [2.24, 2.45) is 23.7 Å². The topological polar surface area (TPSA) is 43.4 Å². The van der Waals surface area contributed by atoms with E-state index in [4.69, 9.17) is 0 Å². The van der Waals surface area contributed by atoms with Crippen LogP contribution >= 0.6 is 0 Å². The molecule has 0 radical (unpaired) electrons. The molecule has 0 N–H and O–H groups in total. The normalized spacial score (nSPS) is 25.5. The maximum atomic E-state index is 11.4. The molecule has 17 heavy (non-hydrogen) atoms. The summed E-state index contributed by atoms with van der Waals surface area (Å²) in [6.45, 7) is 8.74. The van der Waals surface area contributed by atoms with Gasteiger partial charge in [0.25, 0.3) is 0 Å². The van der Waals surface area contributed by atoms with Crippen molar-refractivity contribution in [2.75, 3.05) is 0 Å². The lowest BCUT2D eigenvalue weighted by atomic mass is 9.82. The summed E-state index contributed by atoms with van der Waals surface area (Å²) in [4.78, 5) is 22.5. The Hall–Kier alpha value is -0.860. The minimum absolute atomic E-state index is 0.207. The molecule has 0 aromatic heterocycles. The number of hydrogen-bond donors (Lipinski definition) is 0. The number of ether oxygens (including phenoxy) is 1. The van der Waals surface area contributed by atoms with Crippen LogP contribution in [0, 0.1) is 23.7 Å². The van der Waals surface area contributed by atoms with E-state index in [2.05, 4.69) is 32.4 Å². The first kappa shape index (κ1) is 14.2. The fourth-order valence-corrected chi connectivity index (χ4v) is 2.67. The zero-order valence-corrected chi connectivity index (χ0v) is 11.4. The van der Waals surface area contributed by atoms with Gasteiger partial charge in [0.05, 0.1) is 12.3 Å². The molecule has 1 aliphatic rings. The number of carbonyl (C=O) groups is 2. The van der Waals surface area contributed by atoms with Crippen LogP contribution in [0.5, 0.6) is 0 Å². The Morgan fingerprint density at radius 2 is 1.82 bits per heavy atom. The lowest BCUT2D eigenvalue weighted by Gasteiger charge is -2.21. The second kappa shape index (κ2) is 6.18. The van der Waals surface area contributed by atoms with Crippen LogP contribution in [0.25, 0.3) is 0 Å². The zero-order valence-electron chi connectivity index (χ0n) is 11.4. The number of esters is 2. The van der Waals surface area contributed by atoms with E-state index in [-0.39, 0.29) is 30.2 Å². The average molecular weight is 240 g/mol. The summed E-state index contributed by atoms with van der Waals surface area (Å²) in [6, 6.07) is 0. The second-order valence-corrected chi connectivity index (χ2v) is 5.67. The van der Waals surface area contributed by atoms with E-state index in [1.807, 2.05) is 0 Å². The Labute approximate surface area is 104 Å². The van der Waals surface area contributed by atoms with Crippen molar-refractivity contribution >= 4 is 11.9 Å². The predicted octanol–water partition coefficient (Wildman–Crippen LogP) is 3.17. The molecular weight excluding hydrogens is 216 g/mol. The Morgan fingerprint density at radius 3 is 2.29 bits per heavy atom. The summed E-state index contributed by atoms with van der Waals surface area (Å²) in [5.74, 6) is 0.687. The minimum atomic E-state index is -0.360. The van der Waals surface area contributed by atoms with Gasteiger partial charge < -0.3 is 4.74 Å². The highest BCUT2D eigenvalue weighted by molar-refractivity contribution is 5.94. The van der Waals surface area contributed by atoms with Crippen molar-refractivity contribution in [3.8, 4) is 0 Å². The summed E-state index contributed by atoms with van der Waals surface area (Å²) in [6.07, 6.45) is 3.66. The maximum Gasteiger partial charge on any atom is 0.317 e. The van der Waals surface area contributed by atoms with Crippen molar-refractivity contribution in [1.82, 2.24) is 0 Å². The van der Waals surface area contributed by atoms with Gasteiger partial charge in [-0.25, -0.2) is 0 Å². The largest absolute Gasteiger partial charge is 0.393 e. The van der Waals surface area contributed by atoms with Crippen LogP contribution in [0.2, 0.25) is 0 Å². The molecule has 1 heterocycles. The summed E-state index contributed by atoms with van der Waals surface area (Å²) < 4.78 is 4.60. The first-order chi connectivity index (χ1) is 7.93. The Kier molecular flexibility index (Phi) is 5.16. The fourth-order valence-electron chi connectivity index (χ4n) is 2.67. The van der Waals surface area contributed by atoms with Crippen molar-refractivity contribution in [3.05, 3.63) is 0 Å². The average Bonchev–Trinajstić information content (AvgIpc) is 2.57. The lowest BCUT2D eigenvalue weighted by Crippen LogP contribution is -2.19. The number of rotatable bonds is 6. The van der Waals surface area contributed by atoms with E-state index >= 15 is 0 Å². The standard InChI is InChI=1S/C14H24O3/c1-5-9(2)6-10(3)7-11(4)12-8-13(15)17-14(12)16/h9-12H,5-8H2,1-4H3. The molecular formula is C14H24O3. The molecule has 3 heteroatoms. The summed E-state index contributed by atoms with van der Waals surface area (Å²) in [5.41, 5.74) is 0. The molecule has 1 saturated heterocycles. The third-order valence-electron chi connectivity index (χ3n) is 3.87. The molecule has 0 bridgehead atoms. The molecule has 0 amide bonds. The fraction of sp³-hybridized carbons (Fsp3) is 0.857. The summed E-state index contributed by atoms with van der Waals surface area (Å²) in [5, 5.41) is 0. The van der Waals surface area contributed by atoms with Crippen molar-refractivity contribution in [2.45, 2.75) is 53.4 Å². The van der Waals surface area contributed by atoms with Crippen molar-refractivity contribution in [3.63, 3.8) is 0 Å². The van der Waals surface area contributed by atoms with E-state index in [0.717, 1.165) is 12.3 Å². The van der Waals surface area contributed by atoms with E-state index in [9.17, 15) is 9.59 Å². The van der Waals surface area contributed by atoms with Gasteiger partial charge in [0.15, 0.2) is 0 Å². The van der Waals surface area contributed by atoms with E-state index in [1.165, 1.54) is 12.8 Å². The molecule has 3 nitrogen and oxygen atoms in total. The molecule has 98 valence electrons. The Morgan fingerprint density at radius 1 is 1.18 bits per heavy atom. The van der Waals surface area contributed by atoms with Gasteiger partial charge in [-0.05, 0) is 30.6 Å². The molecule has 4 unspecified atom stereocenters. The highest BCUT2D eigenvalue weighted by Crippen LogP contribution is 2.31. The molecule has 0 spiro atoms. The van der Waals surface area contributed by atoms with E-state index in [1.54, 1.807) is 0 Å². The third kappa shape index (κ3) is 4.14. The first-order valence-corrected chi connectivity index (χ1v) is 6.68. The van der Waals surface area contributed by atoms with Gasteiger partial charge in [0, 0.05) is 0 Å². The highest BCUT2D eigenvalue weighted by Gasteiger charge is 2.37. The Balaban J connectivity index is 2.40. The molecule has 0 saturated carbocycles. The number of hydrogen-bond acceptors (Lipinski definition) is 3. The minimum Gasteiger partial charge on any atom is -0.393 e. The van der Waals surface area contributed by atoms with Gasteiger partial charge in [-0.1, -0.05) is 34.1 Å². The van der Waals surface area contributed by atoms with Gasteiger partial charge in [-0.15, -0.1) is 0 Å². The van der Waals surface area contributed by atoms with Gasteiger partial charge in [0.2, 0.25) is 0 Å². The molecule has 0 aliphatic carbocycles. The summed E-state index contributed by atoms with van der Waals surface area (Å²) in [7, 11) is 0. The van der Waals surface area contributed by atoms with Gasteiger partial charge in [-0.2, -0.15) is 0 Å². The molecule has 1 fully saturated rings. The third-order valence-corrected chi connectivity index (χ3v) is 3.87. The Bertz CT molecular complexity index is 285. The van der Waals surface area contributed by atoms with Crippen LogP contribution in [0.4, 0.5) is 0 Å². The van der Waals surface area contributed by atoms with Crippen LogP contribution in [-0.2, 0) is 14.3 Å². The molecule has 0 aromatic carbocycles. The SMILES string of the molecule is CCC(C)CC(C)CC(C)C1CC(=O)OC1=O. The van der Waals surface area contributed by atoms with Gasteiger partial charge in [0.1, 0.15) is 0 Å². The number of cyclic esters (lactones) is 2. The van der Waals surface area contributed by atoms with Crippen LogP contribution in [0.1, 0.15) is 53.4 Å². The molecule has 1 aliphatic heterocycles. The van der Waals surface area contributed by atoms with Crippen LogP contribution in [0.15, 0.2) is 0 Å². The van der Waals surface area contributed by atoms with Crippen LogP contribution in [-0.4, -0.2) is 11.9 Å².